The van der Waals surface area contributed by atoms with Crippen molar-refractivity contribution >= 4 is 33.4 Å². The molecule has 1 aromatic rings. The molecule has 1 amide bonds. The van der Waals surface area contributed by atoms with Crippen LogP contribution in [0, 0.1) is 0 Å². The minimum absolute atomic E-state index is 0.00405. The normalized spacial score (nSPS) is 25.9. The first-order valence-electron chi connectivity index (χ1n) is 6.98. The van der Waals surface area contributed by atoms with Crippen LogP contribution >= 0.6 is 27.5 Å². The number of carbonyl (C=O) groups is 1. The van der Waals surface area contributed by atoms with Gasteiger partial charge in [0.2, 0.25) is 0 Å². The number of hydrogen-bond donors (Lipinski definition) is 1. The van der Waals surface area contributed by atoms with Crippen molar-refractivity contribution < 1.29 is 18.7 Å². The summed E-state index contributed by atoms with van der Waals surface area (Å²) in [5.41, 5.74) is -1.19. The zero-order valence-corrected chi connectivity index (χ0v) is 13.9. The van der Waals surface area contributed by atoms with Gasteiger partial charge in [0.1, 0.15) is 17.0 Å². The van der Waals surface area contributed by atoms with E-state index in [9.17, 15) is 18.7 Å². The average Bonchev–Trinajstić information content (AvgIpc) is 3.02. The molecule has 0 radical (unpaired) electrons. The summed E-state index contributed by atoms with van der Waals surface area (Å²) in [6.45, 7) is -0.789. The van der Waals surface area contributed by atoms with Crippen LogP contribution in [0.15, 0.2) is 16.6 Å². The Morgan fingerprint density at radius 1 is 1.41 bits per heavy atom. The molecule has 120 valence electrons. The molecule has 8 heteroatoms. The Balaban J connectivity index is 1.98. The molecule has 0 aromatic carbocycles. The summed E-state index contributed by atoms with van der Waals surface area (Å²) >= 11 is 9.04. The monoisotopic (exact) mass is 394 g/mol. The molecule has 1 saturated carbocycles. The van der Waals surface area contributed by atoms with Crippen molar-refractivity contribution in [2.45, 2.75) is 43.2 Å². The Bertz CT molecular complexity index is 623. The third kappa shape index (κ3) is 2.34. The lowest BCUT2D eigenvalue weighted by Crippen LogP contribution is -2.52. The molecular formula is C14H14BrClF2N2O2. The number of likely N-dealkylation sites (tertiary alicyclic amines) is 1. The fraction of sp³-hybridized carbons (Fsp3) is 0.571. The molecular weight excluding hydrogens is 382 g/mol. The zero-order chi connectivity index (χ0) is 16.1. The molecule has 0 bridgehead atoms. The van der Waals surface area contributed by atoms with Crippen LogP contribution in [0.3, 0.4) is 0 Å². The van der Waals surface area contributed by atoms with Gasteiger partial charge >= 0.3 is 0 Å². The zero-order valence-electron chi connectivity index (χ0n) is 11.5. The van der Waals surface area contributed by atoms with Gasteiger partial charge in [-0.25, -0.2) is 13.8 Å². The number of aliphatic hydroxyl groups excluding tert-OH is 1. The lowest BCUT2D eigenvalue weighted by molar-refractivity contribution is -0.0959. The molecule has 1 N–H and O–H groups in total. The van der Waals surface area contributed by atoms with Gasteiger partial charge in [0.15, 0.2) is 0 Å². The topological polar surface area (TPSA) is 53.4 Å². The number of carbonyl (C=O) groups excluding carboxylic acids is 1. The van der Waals surface area contributed by atoms with Crippen molar-refractivity contribution in [1.82, 2.24) is 9.88 Å². The summed E-state index contributed by atoms with van der Waals surface area (Å²) in [6, 6.07) is 2.98. The van der Waals surface area contributed by atoms with Gasteiger partial charge in [-0.2, -0.15) is 0 Å². The van der Waals surface area contributed by atoms with Crippen LogP contribution in [0.4, 0.5) is 8.78 Å². The van der Waals surface area contributed by atoms with E-state index in [1.807, 2.05) is 0 Å². The Morgan fingerprint density at radius 3 is 2.64 bits per heavy atom. The van der Waals surface area contributed by atoms with E-state index >= 15 is 0 Å². The van der Waals surface area contributed by atoms with Crippen LogP contribution in [0.25, 0.3) is 0 Å². The van der Waals surface area contributed by atoms with Gasteiger partial charge in [0.25, 0.3) is 11.8 Å². The standard InChI is InChI=1S/C14H14BrClF2N2O2/c15-8-3-4-9(19-10(8)16)11(21)20-7-14(17,18)12(22)13(20)5-1-2-6-13/h3-4,12,22H,1-2,5-7H2. The van der Waals surface area contributed by atoms with E-state index in [0.717, 1.165) is 4.90 Å². The summed E-state index contributed by atoms with van der Waals surface area (Å²) in [7, 11) is 0. The van der Waals surface area contributed by atoms with Gasteiger partial charge in [-0.3, -0.25) is 4.79 Å². The van der Waals surface area contributed by atoms with Crippen LogP contribution < -0.4 is 0 Å². The largest absolute Gasteiger partial charge is 0.384 e. The number of aromatic nitrogens is 1. The highest BCUT2D eigenvalue weighted by molar-refractivity contribution is 9.10. The van der Waals surface area contributed by atoms with Crippen LogP contribution in [0.5, 0.6) is 0 Å². The fourth-order valence-corrected chi connectivity index (χ4v) is 3.85. The number of pyridine rings is 1. The highest BCUT2D eigenvalue weighted by Gasteiger charge is 2.64. The first-order valence-corrected chi connectivity index (χ1v) is 8.15. The third-order valence-electron chi connectivity index (χ3n) is 4.55. The highest BCUT2D eigenvalue weighted by atomic mass is 79.9. The van der Waals surface area contributed by atoms with Crippen molar-refractivity contribution in [2.75, 3.05) is 6.54 Å². The number of halogens is 4. The van der Waals surface area contributed by atoms with E-state index < -0.39 is 30.0 Å². The van der Waals surface area contributed by atoms with Gasteiger partial charge in [-0.15, -0.1) is 0 Å². The first kappa shape index (κ1) is 16.1. The maximum absolute atomic E-state index is 14.0. The molecule has 2 fully saturated rings. The van der Waals surface area contributed by atoms with Crippen molar-refractivity contribution in [2.24, 2.45) is 0 Å². The van der Waals surface area contributed by atoms with Crippen LogP contribution in [-0.2, 0) is 0 Å². The molecule has 1 atom stereocenters. The number of hydrogen-bond acceptors (Lipinski definition) is 3. The number of aliphatic hydroxyl groups is 1. The second kappa shape index (κ2) is 5.39. The van der Waals surface area contributed by atoms with Gasteiger partial charge in [-0.05, 0) is 40.9 Å². The average molecular weight is 396 g/mol. The predicted molar refractivity (Wildman–Crippen MR) is 80.1 cm³/mol. The van der Waals surface area contributed by atoms with E-state index in [1.54, 1.807) is 6.07 Å². The van der Waals surface area contributed by atoms with Crippen LogP contribution in [0.2, 0.25) is 5.15 Å². The number of amides is 1. The number of nitrogens with zero attached hydrogens (tertiary/aromatic N) is 2. The number of rotatable bonds is 1. The summed E-state index contributed by atoms with van der Waals surface area (Å²) in [5, 5.41) is 10.2. The van der Waals surface area contributed by atoms with Crippen molar-refractivity contribution in [3.8, 4) is 0 Å². The minimum atomic E-state index is -3.31. The van der Waals surface area contributed by atoms with Crippen molar-refractivity contribution in [3.05, 3.63) is 27.5 Å². The fourth-order valence-electron chi connectivity index (χ4n) is 3.47. The van der Waals surface area contributed by atoms with Crippen molar-refractivity contribution in [3.63, 3.8) is 0 Å². The quantitative estimate of drug-likeness (QED) is 0.743. The summed E-state index contributed by atoms with van der Waals surface area (Å²) in [4.78, 5) is 17.7. The SMILES string of the molecule is O=C(c1ccc(Br)c(Cl)n1)N1CC(F)(F)C(O)C12CCCC2. The van der Waals surface area contributed by atoms with Crippen LogP contribution in [-0.4, -0.2) is 45.0 Å². The summed E-state index contributed by atoms with van der Waals surface area (Å²) in [5.74, 6) is -3.92. The van der Waals surface area contributed by atoms with Gasteiger partial charge in [-0.1, -0.05) is 24.4 Å². The molecule has 22 heavy (non-hydrogen) atoms. The molecule has 1 spiro atoms. The van der Waals surface area contributed by atoms with Crippen LogP contribution in [0.1, 0.15) is 36.2 Å². The minimum Gasteiger partial charge on any atom is -0.384 e. The maximum atomic E-state index is 14.0. The Kier molecular flexibility index (Phi) is 3.94. The van der Waals surface area contributed by atoms with Gasteiger partial charge in [0, 0.05) is 0 Å². The first-order chi connectivity index (χ1) is 10.3. The van der Waals surface area contributed by atoms with E-state index in [2.05, 4.69) is 20.9 Å². The highest BCUT2D eigenvalue weighted by Crippen LogP contribution is 2.49. The lowest BCUT2D eigenvalue weighted by atomic mass is 9.90. The van der Waals surface area contributed by atoms with Gasteiger partial charge in [0.05, 0.1) is 16.6 Å². The maximum Gasteiger partial charge on any atom is 0.292 e. The lowest BCUT2D eigenvalue weighted by Gasteiger charge is -2.36. The Morgan fingerprint density at radius 2 is 2.05 bits per heavy atom. The summed E-state index contributed by atoms with van der Waals surface area (Å²) in [6.07, 6.45) is 0.341. The Hall–Kier alpha value is -0.790. The number of alkyl halides is 2. The Labute approximate surface area is 139 Å². The predicted octanol–water partition coefficient (Wildman–Crippen LogP) is 3.26. The van der Waals surface area contributed by atoms with E-state index in [-0.39, 0.29) is 10.8 Å². The molecule has 4 nitrogen and oxygen atoms in total. The molecule has 1 saturated heterocycles. The van der Waals surface area contributed by atoms with Crippen molar-refractivity contribution in [1.29, 1.82) is 0 Å². The second-order valence-electron chi connectivity index (χ2n) is 5.83. The van der Waals surface area contributed by atoms with E-state index in [0.29, 0.717) is 30.2 Å². The molecule has 3 rings (SSSR count). The molecule has 2 aliphatic rings. The van der Waals surface area contributed by atoms with Gasteiger partial charge < -0.3 is 10.0 Å². The van der Waals surface area contributed by atoms with E-state index in [4.69, 9.17) is 11.6 Å². The molecule has 2 heterocycles. The molecule has 1 aliphatic carbocycles. The molecule has 1 aromatic heterocycles. The second-order valence-corrected chi connectivity index (χ2v) is 7.05. The molecule has 1 aliphatic heterocycles. The third-order valence-corrected chi connectivity index (χ3v) is 5.71. The molecule has 1 unspecified atom stereocenters. The smallest absolute Gasteiger partial charge is 0.292 e. The summed E-state index contributed by atoms with van der Waals surface area (Å²) < 4.78 is 28.5. The van der Waals surface area contributed by atoms with E-state index in [1.165, 1.54) is 6.07 Å².